The molecule has 0 unspecified atom stereocenters. The number of hydrogen-bond acceptors (Lipinski definition) is 2. The quantitative estimate of drug-likeness (QED) is 0.666. The molecule has 0 fully saturated rings. The number of hydrogen-bond donors (Lipinski definition) is 2. The molecule has 3 aromatic rings. The lowest BCUT2D eigenvalue weighted by Crippen LogP contribution is -1.83. The molecule has 0 radical (unpaired) electrons. The Labute approximate surface area is 98.8 Å². The summed E-state index contributed by atoms with van der Waals surface area (Å²) in [6.45, 7) is 2.06. The molecule has 0 amide bonds. The fourth-order valence-electron chi connectivity index (χ4n) is 1.96. The van der Waals surface area contributed by atoms with E-state index in [2.05, 4.69) is 23.0 Å². The second-order valence-electron chi connectivity index (χ2n) is 4.10. The van der Waals surface area contributed by atoms with Gasteiger partial charge >= 0.3 is 0 Å². The van der Waals surface area contributed by atoms with Crippen LogP contribution < -0.4 is 0 Å². The third-order valence-electron chi connectivity index (χ3n) is 2.87. The first-order chi connectivity index (χ1) is 8.24. The van der Waals surface area contributed by atoms with Crippen LogP contribution in [0.2, 0.25) is 0 Å². The van der Waals surface area contributed by atoms with E-state index < -0.39 is 0 Å². The van der Waals surface area contributed by atoms with E-state index >= 15 is 0 Å². The zero-order valence-corrected chi connectivity index (χ0v) is 9.44. The Kier molecular flexibility index (Phi) is 2.11. The second kappa shape index (κ2) is 3.63. The Hall–Kier alpha value is -2.29. The molecule has 0 atom stereocenters. The minimum absolute atomic E-state index is 0.248. The minimum Gasteiger partial charge on any atom is -0.508 e. The summed E-state index contributed by atoms with van der Waals surface area (Å²) in [5.41, 5.74) is 3.98. The van der Waals surface area contributed by atoms with Gasteiger partial charge in [-0.25, -0.2) is 4.98 Å². The highest BCUT2D eigenvalue weighted by Crippen LogP contribution is 2.25. The number of phenolic OH excluding ortho intramolecular Hbond substituents is 1. The number of benzene rings is 2. The molecule has 84 valence electrons. The van der Waals surface area contributed by atoms with Gasteiger partial charge in [-0.2, -0.15) is 0 Å². The summed E-state index contributed by atoms with van der Waals surface area (Å²) in [5, 5.41) is 9.42. The van der Waals surface area contributed by atoms with Crippen LogP contribution in [0.25, 0.3) is 22.4 Å². The largest absolute Gasteiger partial charge is 0.508 e. The molecule has 1 aromatic heterocycles. The van der Waals surface area contributed by atoms with E-state index in [0.717, 1.165) is 22.4 Å². The molecule has 2 N–H and O–H groups in total. The summed E-state index contributed by atoms with van der Waals surface area (Å²) >= 11 is 0. The summed E-state index contributed by atoms with van der Waals surface area (Å²) in [4.78, 5) is 7.74. The number of phenols is 1. The molecule has 1 heterocycles. The van der Waals surface area contributed by atoms with Gasteiger partial charge in [0.1, 0.15) is 11.6 Å². The lowest BCUT2D eigenvalue weighted by atomic mass is 10.1. The van der Waals surface area contributed by atoms with Crippen LogP contribution in [0.15, 0.2) is 42.5 Å². The zero-order valence-electron chi connectivity index (χ0n) is 9.44. The Morgan fingerprint density at radius 1 is 1.12 bits per heavy atom. The highest BCUT2D eigenvalue weighted by molar-refractivity contribution is 5.81. The average molecular weight is 224 g/mol. The van der Waals surface area contributed by atoms with Gasteiger partial charge in [0.15, 0.2) is 0 Å². The molecule has 0 saturated carbocycles. The highest BCUT2D eigenvalue weighted by atomic mass is 16.3. The lowest BCUT2D eigenvalue weighted by molar-refractivity contribution is 0.476. The smallest absolute Gasteiger partial charge is 0.138 e. The maximum atomic E-state index is 9.42. The van der Waals surface area contributed by atoms with Crippen LogP contribution in [-0.2, 0) is 0 Å². The molecule has 0 bridgehead atoms. The minimum atomic E-state index is 0.248. The van der Waals surface area contributed by atoms with Crippen molar-refractivity contribution in [1.82, 2.24) is 9.97 Å². The van der Waals surface area contributed by atoms with E-state index in [-0.39, 0.29) is 5.75 Å². The van der Waals surface area contributed by atoms with Gasteiger partial charge in [0.2, 0.25) is 0 Å². The molecule has 0 aliphatic rings. The van der Waals surface area contributed by atoms with Crippen LogP contribution in [0.1, 0.15) is 5.56 Å². The summed E-state index contributed by atoms with van der Waals surface area (Å²) in [5.74, 6) is 1.08. The number of nitrogens with one attached hydrogen (secondary N) is 1. The third kappa shape index (κ3) is 1.65. The van der Waals surface area contributed by atoms with Crippen molar-refractivity contribution in [3.8, 4) is 17.1 Å². The van der Waals surface area contributed by atoms with Crippen LogP contribution in [-0.4, -0.2) is 15.1 Å². The van der Waals surface area contributed by atoms with Crippen molar-refractivity contribution >= 4 is 11.0 Å². The van der Waals surface area contributed by atoms with E-state index in [9.17, 15) is 5.11 Å². The van der Waals surface area contributed by atoms with Crippen molar-refractivity contribution in [3.05, 3.63) is 48.0 Å². The van der Waals surface area contributed by atoms with Gasteiger partial charge in [-0.3, -0.25) is 0 Å². The molecular formula is C14H12N2O. The Balaban J connectivity index is 2.22. The van der Waals surface area contributed by atoms with Crippen molar-refractivity contribution in [2.45, 2.75) is 6.92 Å². The van der Waals surface area contributed by atoms with Gasteiger partial charge in [-0.15, -0.1) is 0 Å². The zero-order chi connectivity index (χ0) is 11.8. The Bertz CT molecular complexity index is 686. The van der Waals surface area contributed by atoms with Gasteiger partial charge in [0.25, 0.3) is 0 Å². The highest BCUT2D eigenvalue weighted by Gasteiger charge is 2.07. The Morgan fingerprint density at radius 2 is 1.94 bits per heavy atom. The summed E-state index contributed by atoms with van der Waals surface area (Å²) in [6.07, 6.45) is 0. The van der Waals surface area contributed by atoms with E-state index in [1.54, 1.807) is 12.1 Å². The van der Waals surface area contributed by atoms with Crippen molar-refractivity contribution < 1.29 is 5.11 Å². The molecule has 3 heteroatoms. The number of fused-ring (bicyclic) bond motifs is 1. The topological polar surface area (TPSA) is 48.9 Å². The van der Waals surface area contributed by atoms with Gasteiger partial charge < -0.3 is 10.1 Å². The SMILES string of the molecule is Cc1ccccc1-c1nc2ccc(O)cc2[nH]1. The fraction of sp³-hybridized carbons (Fsp3) is 0.0714. The molecule has 2 aromatic carbocycles. The fourth-order valence-corrected chi connectivity index (χ4v) is 1.96. The van der Waals surface area contributed by atoms with Crippen LogP contribution in [0.3, 0.4) is 0 Å². The second-order valence-corrected chi connectivity index (χ2v) is 4.10. The number of aromatic amines is 1. The molecular weight excluding hydrogens is 212 g/mol. The van der Waals surface area contributed by atoms with E-state index in [1.165, 1.54) is 5.56 Å². The van der Waals surface area contributed by atoms with Crippen LogP contribution in [0.5, 0.6) is 5.75 Å². The van der Waals surface area contributed by atoms with E-state index in [0.29, 0.717) is 0 Å². The molecule has 3 nitrogen and oxygen atoms in total. The first-order valence-corrected chi connectivity index (χ1v) is 5.49. The monoisotopic (exact) mass is 224 g/mol. The van der Waals surface area contributed by atoms with Gasteiger partial charge in [0, 0.05) is 11.6 Å². The predicted molar refractivity (Wildman–Crippen MR) is 67.9 cm³/mol. The van der Waals surface area contributed by atoms with E-state index in [4.69, 9.17) is 0 Å². The van der Waals surface area contributed by atoms with Crippen molar-refractivity contribution in [2.24, 2.45) is 0 Å². The summed E-state index contributed by atoms with van der Waals surface area (Å²) < 4.78 is 0. The standard InChI is InChI=1S/C14H12N2O/c1-9-4-2-3-5-11(9)14-15-12-7-6-10(17)8-13(12)16-14/h2-8,17H,1H3,(H,15,16). The summed E-state index contributed by atoms with van der Waals surface area (Å²) in [6, 6.07) is 13.2. The first-order valence-electron chi connectivity index (χ1n) is 5.49. The molecule has 0 aliphatic carbocycles. The van der Waals surface area contributed by atoms with Crippen LogP contribution >= 0.6 is 0 Å². The molecule has 0 spiro atoms. The molecule has 0 saturated heterocycles. The maximum absolute atomic E-state index is 9.42. The molecule has 3 rings (SSSR count). The number of H-pyrrole nitrogens is 1. The van der Waals surface area contributed by atoms with Gasteiger partial charge in [-0.1, -0.05) is 24.3 Å². The van der Waals surface area contributed by atoms with Gasteiger partial charge in [-0.05, 0) is 24.6 Å². The van der Waals surface area contributed by atoms with Crippen LogP contribution in [0, 0.1) is 6.92 Å². The number of aryl methyl sites for hydroxylation is 1. The van der Waals surface area contributed by atoms with Crippen molar-refractivity contribution in [2.75, 3.05) is 0 Å². The lowest BCUT2D eigenvalue weighted by Gasteiger charge is -2.00. The van der Waals surface area contributed by atoms with Gasteiger partial charge in [0.05, 0.1) is 11.0 Å². The number of rotatable bonds is 1. The van der Waals surface area contributed by atoms with E-state index in [1.807, 2.05) is 24.3 Å². The summed E-state index contributed by atoms with van der Waals surface area (Å²) in [7, 11) is 0. The average Bonchev–Trinajstić information content (AvgIpc) is 2.72. The number of nitrogens with zero attached hydrogens (tertiary/aromatic N) is 1. The number of imidazole rings is 1. The van der Waals surface area contributed by atoms with Crippen molar-refractivity contribution in [1.29, 1.82) is 0 Å². The molecule has 17 heavy (non-hydrogen) atoms. The van der Waals surface area contributed by atoms with Crippen LogP contribution in [0.4, 0.5) is 0 Å². The normalized spacial score (nSPS) is 10.9. The number of aromatic hydroxyl groups is 1. The molecule has 0 aliphatic heterocycles. The van der Waals surface area contributed by atoms with Crippen molar-refractivity contribution in [3.63, 3.8) is 0 Å². The third-order valence-corrected chi connectivity index (χ3v) is 2.87. The first kappa shape index (κ1) is 9.90. The Morgan fingerprint density at radius 3 is 2.76 bits per heavy atom. The number of aromatic nitrogens is 2. The maximum Gasteiger partial charge on any atom is 0.138 e. The predicted octanol–water partition coefficient (Wildman–Crippen LogP) is 3.24.